The first-order valence-electron chi connectivity index (χ1n) is 10.7. The van der Waals surface area contributed by atoms with Crippen molar-refractivity contribution >= 4 is 46.2 Å². The molecule has 4 nitrogen and oxygen atoms in total. The normalized spacial score (nSPS) is 11.9. The van der Waals surface area contributed by atoms with Gasteiger partial charge in [-0.3, -0.25) is 4.79 Å². The minimum absolute atomic E-state index is 0.0404. The lowest BCUT2D eigenvalue weighted by atomic mass is 9.87. The molecule has 168 valence electrons. The molecule has 0 spiro atoms. The molecule has 0 atom stereocenters. The molecule has 0 aliphatic carbocycles. The molecule has 33 heavy (non-hydrogen) atoms. The lowest BCUT2D eigenvalue weighted by Crippen LogP contribution is -2.18. The van der Waals surface area contributed by atoms with E-state index in [1.807, 2.05) is 60.8 Å². The Morgan fingerprint density at radius 3 is 2.42 bits per heavy atom. The van der Waals surface area contributed by atoms with Crippen LogP contribution in [0.5, 0.6) is 0 Å². The standard InChI is InChI=1S/C27H25Cl2N3O/c1-27(2,3)21-11-9-19(10-12-21)26(33)31-30-15-20-17-32(25-7-5-4-6-22(20)25)16-18-8-13-23(28)24(29)14-18/h4-15,17H,16H2,1-3H3,(H,31,33)/b30-15-. The van der Waals surface area contributed by atoms with Crippen molar-refractivity contribution < 1.29 is 4.79 Å². The summed E-state index contributed by atoms with van der Waals surface area (Å²) in [4.78, 5) is 12.5. The third kappa shape index (κ3) is 5.29. The van der Waals surface area contributed by atoms with Gasteiger partial charge in [-0.1, -0.05) is 80.4 Å². The van der Waals surface area contributed by atoms with E-state index in [9.17, 15) is 4.79 Å². The summed E-state index contributed by atoms with van der Waals surface area (Å²) < 4.78 is 2.13. The minimum atomic E-state index is -0.244. The number of benzene rings is 3. The highest BCUT2D eigenvalue weighted by molar-refractivity contribution is 6.42. The number of amides is 1. The fourth-order valence-electron chi connectivity index (χ4n) is 3.69. The highest BCUT2D eigenvalue weighted by atomic mass is 35.5. The van der Waals surface area contributed by atoms with Crippen molar-refractivity contribution in [2.75, 3.05) is 0 Å². The molecule has 4 aromatic rings. The lowest BCUT2D eigenvalue weighted by Gasteiger charge is -2.18. The van der Waals surface area contributed by atoms with Gasteiger partial charge in [0.05, 0.1) is 16.3 Å². The molecule has 3 aromatic carbocycles. The van der Waals surface area contributed by atoms with E-state index < -0.39 is 0 Å². The van der Waals surface area contributed by atoms with Crippen LogP contribution in [0.2, 0.25) is 10.0 Å². The first-order valence-corrected chi connectivity index (χ1v) is 11.4. The highest BCUT2D eigenvalue weighted by Crippen LogP contribution is 2.26. The predicted octanol–water partition coefficient (Wildman–Crippen LogP) is 7.06. The van der Waals surface area contributed by atoms with Crippen LogP contribution in [0.25, 0.3) is 10.9 Å². The van der Waals surface area contributed by atoms with E-state index in [1.54, 1.807) is 12.3 Å². The van der Waals surface area contributed by atoms with E-state index in [0.29, 0.717) is 22.2 Å². The van der Waals surface area contributed by atoms with Gasteiger partial charge in [0.1, 0.15) is 0 Å². The molecule has 0 aliphatic rings. The Balaban J connectivity index is 1.52. The molecule has 1 aromatic heterocycles. The quantitative estimate of drug-likeness (QED) is 0.242. The van der Waals surface area contributed by atoms with Crippen LogP contribution in [-0.4, -0.2) is 16.7 Å². The Bertz CT molecular complexity index is 1330. The average Bonchev–Trinajstić information content (AvgIpc) is 3.13. The van der Waals surface area contributed by atoms with Crippen LogP contribution in [0.15, 0.2) is 78.0 Å². The van der Waals surface area contributed by atoms with Crippen molar-refractivity contribution in [3.63, 3.8) is 0 Å². The molecule has 1 heterocycles. The summed E-state index contributed by atoms with van der Waals surface area (Å²) in [5, 5.41) is 6.32. The molecule has 0 saturated heterocycles. The topological polar surface area (TPSA) is 46.4 Å². The summed E-state index contributed by atoms with van der Waals surface area (Å²) in [6, 6.07) is 21.3. The monoisotopic (exact) mass is 477 g/mol. The van der Waals surface area contributed by atoms with Crippen molar-refractivity contribution in [2.45, 2.75) is 32.7 Å². The van der Waals surface area contributed by atoms with Crippen LogP contribution in [-0.2, 0) is 12.0 Å². The van der Waals surface area contributed by atoms with Crippen molar-refractivity contribution in [3.05, 3.63) is 105 Å². The number of nitrogens with zero attached hydrogens (tertiary/aromatic N) is 2. The van der Waals surface area contributed by atoms with Gasteiger partial charge in [0.25, 0.3) is 5.91 Å². The maximum absolute atomic E-state index is 12.5. The Labute approximate surface area is 203 Å². The second-order valence-corrected chi connectivity index (χ2v) is 9.82. The Morgan fingerprint density at radius 2 is 1.73 bits per heavy atom. The van der Waals surface area contributed by atoms with Gasteiger partial charge in [-0.05, 0) is 46.9 Å². The molecule has 0 unspecified atom stereocenters. The zero-order valence-electron chi connectivity index (χ0n) is 18.8. The first kappa shape index (κ1) is 23.1. The number of hydrazone groups is 1. The van der Waals surface area contributed by atoms with Gasteiger partial charge in [-0.25, -0.2) is 5.43 Å². The number of hydrogen-bond donors (Lipinski definition) is 1. The summed E-state index contributed by atoms with van der Waals surface area (Å²) in [6.07, 6.45) is 3.69. The number of para-hydroxylation sites is 1. The zero-order chi connectivity index (χ0) is 23.6. The van der Waals surface area contributed by atoms with Gasteiger partial charge < -0.3 is 4.57 Å². The van der Waals surface area contributed by atoms with Gasteiger partial charge in [0.2, 0.25) is 0 Å². The molecular formula is C27H25Cl2N3O. The Morgan fingerprint density at radius 1 is 1.00 bits per heavy atom. The fraction of sp³-hybridized carbons (Fsp3) is 0.185. The SMILES string of the molecule is CC(C)(C)c1ccc(C(=O)N/N=C\c2cn(Cc3ccc(Cl)c(Cl)c3)c3ccccc23)cc1. The Hall–Kier alpha value is -3.08. The van der Waals surface area contributed by atoms with E-state index >= 15 is 0 Å². The number of nitrogens with one attached hydrogen (secondary N) is 1. The maximum atomic E-state index is 12.5. The van der Waals surface area contributed by atoms with E-state index in [0.717, 1.165) is 22.0 Å². The highest BCUT2D eigenvalue weighted by Gasteiger charge is 2.14. The van der Waals surface area contributed by atoms with Crippen LogP contribution < -0.4 is 5.43 Å². The van der Waals surface area contributed by atoms with Gasteiger partial charge in [-0.2, -0.15) is 5.10 Å². The van der Waals surface area contributed by atoms with Gasteiger partial charge in [0.15, 0.2) is 0 Å². The second kappa shape index (κ2) is 9.42. The number of halogens is 2. The predicted molar refractivity (Wildman–Crippen MR) is 138 cm³/mol. The van der Waals surface area contributed by atoms with Crippen LogP contribution in [0.4, 0.5) is 0 Å². The molecule has 4 rings (SSSR count). The summed E-state index contributed by atoms with van der Waals surface area (Å²) in [5.74, 6) is -0.244. The molecule has 1 amide bonds. The van der Waals surface area contributed by atoms with E-state index in [-0.39, 0.29) is 11.3 Å². The van der Waals surface area contributed by atoms with Crippen LogP contribution >= 0.6 is 23.2 Å². The number of rotatable bonds is 5. The molecule has 0 fully saturated rings. The van der Waals surface area contributed by atoms with Crippen LogP contribution in [0.1, 0.15) is 47.8 Å². The maximum Gasteiger partial charge on any atom is 0.271 e. The average molecular weight is 478 g/mol. The smallest absolute Gasteiger partial charge is 0.271 e. The van der Waals surface area contributed by atoms with Crippen molar-refractivity contribution in [1.29, 1.82) is 0 Å². The zero-order valence-corrected chi connectivity index (χ0v) is 20.3. The number of carbonyl (C=O) groups excluding carboxylic acids is 1. The minimum Gasteiger partial charge on any atom is -0.342 e. The lowest BCUT2D eigenvalue weighted by molar-refractivity contribution is 0.0955. The van der Waals surface area contributed by atoms with E-state index in [2.05, 4.69) is 41.9 Å². The summed E-state index contributed by atoms with van der Waals surface area (Å²) in [5.41, 5.74) is 7.44. The van der Waals surface area contributed by atoms with Gasteiger partial charge >= 0.3 is 0 Å². The molecule has 6 heteroatoms. The van der Waals surface area contributed by atoms with Crippen molar-refractivity contribution in [2.24, 2.45) is 5.10 Å². The molecule has 0 saturated carbocycles. The van der Waals surface area contributed by atoms with Crippen LogP contribution in [0, 0.1) is 0 Å². The third-order valence-electron chi connectivity index (χ3n) is 5.54. The molecule has 0 radical (unpaired) electrons. The first-order chi connectivity index (χ1) is 15.7. The van der Waals surface area contributed by atoms with Crippen molar-refractivity contribution in [3.8, 4) is 0 Å². The van der Waals surface area contributed by atoms with Gasteiger partial charge in [0, 0.05) is 34.8 Å². The van der Waals surface area contributed by atoms with Crippen LogP contribution in [0.3, 0.4) is 0 Å². The molecule has 0 aliphatic heterocycles. The summed E-state index contributed by atoms with van der Waals surface area (Å²) >= 11 is 12.2. The fourth-order valence-corrected chi connectivity index (χ4v) is 4.01. The van der Waals surface area contributed by atoms with E-state index in [4.69, 9.17) is 23.2 Å². The number of carbonyl (C=O) groups is 1. The molecule has 1 N–H and O–H groups in total. The summed E-state index contributed by atoms with van der Waals surface area (Å²) in [7, 11) is 0. The summed E-state index contributed by atoms with van der Waals surface area (Å²) in [6.45, 7) is 7.07. The van der Waals surface area contributed by atoms with E-state index in [1.165, 1.54) is 5.56 Å². The molecule has 0 bridgehead atoms. The largest absolute Gasteiger partial charge is 0.342 e. The van der Waals surface area contributed by atoms with Gasteiger partial charge in [-0.15, -0.1) is 0 Å². The van der Waals surface area contributed by atoms with Crippen molar-refractivity contribution in [1.82, 2.24) is 9.99 Å². The number of fused-ring (bicyclic) bond motifs is 1. The Kier molecular flexibility index (Phi) is 6.59. The number of aromatic nitrogens is 1. The third-order valence-corrected chi connectivity index (χ3v) is 6.28. The molecular weight excluding hydrogens is 453 g/mol. The number of hydrogen-bond acceptors (Lipinski definition) is 2. The second-order valence-electron chi connectivity index (χ2n) is 9.00.